The van der Waals surface area contributed by atoms with Crippen molar-refractivity contribution in [1.29, 1.82) is 0 Å². The van der Waals surface area contributed by atoms with Crippen LogP contribution >= 0.6 is 11.6 Å². The van der Waals surface area contributed by atoms with Crippen molar-refractivity contribution in [3.05, 3.63) is 71.2 Å². The Hall–Kier alpha value is -3.22. The summed E-state index contributed by atoms with van der Waals surface area (Å²) < 4.78 is 5.43. The molecule has 2 heterocycles. The van der Waals surface area contributed by atoms with Gasteiger partial charge in [0.2, 0.25) is 5.88 Å². The van der Waals surface area contributed by atoms with E-state index in [1.54, 1.807) is 7.11 Å². The smallest absolute Gasteiger partial charge is 0.213 e. The minimum absolute atomic E-state index is 0.00506. The van der Waals surface area contributed by atoms with E-state index in [9.17, 15) is 0 Å². The number of amidine groups is 1. The molecular formula is C29H34ClN5O. The molecule has 0 aliphatic rings. The molecule has 4 rings (SSSR count). The molecule has 0 saturated heterocycles. The first-order chi connectivity index (χ1) is 17.3. The molecule has 0 spiro atoms. The summed E-state index contributed by atoms with van der Waals surface area (Å²) in [5.41, 5.74) is 4.10. The van der Waals surface area contributed by atoms with Crippen LogP contribution in [-0.2, 0) is 0 Å². The van der Waals surface area contributed by atoms with Gasteiger partial charge < -0.3 is 15.0 Å². The third-order valence-corrected chi connectivity index (χ3v) is 6.50. The molecule has 36 heavy (non-hydrogen) atoms. The molecule has 0 amide bonds. The van der Waals surface area contributed by atoms with Gasteiger partial charge in [-0.15, -0.1) is 0 Å². The predicted molar refractivity (Wildman–Crippen MR) is 152 cm³/mol. The SMILES string of the molecule is CCN(CC)CC(C)(C)CN=C(Nc1c2ccc(Cl)cc2nc2ccc(OC)nc12)c1ccccc1. The van der Waals surface area contributed by atoms with Gasteiger partial charge in [0, 0.05) is 35.1 Å². The van der Waals surface area contributed by atoms with E-state index in [2.05, 4.69) is 50.0 Å². The van der Waals surface area contributed by atoms with E-state index in [4.69, 9.17) is 31.3 Å². The van der Waals surface area contributed by atoms with Crippen LogP contribution in [-0.4, -0.2) is 54.0 Å². The lowest BCUT2D eigenvalue weighted by molar-refractivity contribution is 0.198. The Morgan fingerprint density at radius 2 is 1.75 bits per heavy atom. The van der Waals surface area contributed by atoms with Gasteiger partial charge in [0.25, 0.3) is 0 Å². The fourth-order valence-corrected chi connectivity index (χ4v) is 4.49. The average molecular weight is 504 g/mol. The Labute approximate surface area is 218 Å². The minimum Gasteiger partial charge on any atom is -0.481 e. The molecule has 2 aromatic heterocycles. The molecule has 0 fully saturated rings. The van der Waals surface area contributed by atoms with Gasteiger partial charge in [-0.3, -0.25) is 4.99 Å². The summed E-state index contributed by atoms with van der Waals surface area (Å²) in [5.74, 6) is 1.32. The second-order valence-corrected chi connectivity index (χ2v) is 10.1. The lowest BCUT2D eigenvalue weighted by Gasteiger charge is -2.30. The highest BCUT2D eigenvalue weighted by Gasteiger charge is 2.21. The Balaban J connectivity index is 1.83. The number of fused-ring (bicyclic) bond motifs is 2. The van der Waals surface area contributed by atoms with Gasteiger partial charge in [0.1, 0.15) is 11.4 Å². The molecule has 0 aliphatic heterocycles. The fourth-order valence-electron chi connectivity index (χ4n) is 4.33. The van der Waals surface area contributed by atoms with E-state index in [1.807, 2.05) is 48.5 Å². The number of pyridine rings is 2. The molecule has 2 aromatic carbocycles. The van der Waals surface area contributed by atoms with Gasteiger partial charge in [0.15, 0.2) is 0 Å². The van der Waals surface area contributed by atoms with Crippen molar-refractivity contribution in [2.75, 3.05) is 38.6 Å². The number of anilines is 1. The van der Waals surface area contributed by atoms with E-state index in [1.165, 1.54) is 0 Å². The molecule has 188 valence electrons. The first-order valence-corrected chi connectivity index (χ1v) is 12.7. The summed E-state index contributed by atoms with van der Waals surface area (Å²) in [4.78, 5) is 17.1. The van der Waals surface area contributed by atoms with Crippen LogP contribution < -0.4 is 10.1 Å². The van der Waals surface area contributed by atoms with E-state index < -0.39 is 0 Å². The predicted octanol–water partition coefficient (Wildman–Crippen LogP) is 6.67. The van der Waals surface area contributed by atoms with Gasteiger partial charge in [-0.1, -0.05) is 69.6 Å². The molecule has 4 aromatic rings. The zero-order valence-corrected chi connectivity index (χ0v) is 22.4. The van der Waals surface area contributed by atoms with Crippen LogP contribution in [0.15, 0.2) is 65.7 Å². The van der Waals surface area contributed by atoms with Crippen molar-refractivity contribution >= 4 is 45.1 Å². The van der Waals surface area contributed by atoms with E-state index in [-0.39, 0.29) is 5.41 Å². The number of benzene rings is 2. The molecule has 0 atom stereocenters. The minimum atomic E-state index is 0.00506. The lowest BCUT2D eigenvalue weighted by Crippen LogP contribution is -2.36. The molecule has 1 N–H and O–H groups in total. The Bertz CT molecular complexity index is 1370. The van der Waals surface area contributed by atoms with Crippen LogP contribution in [0.25, 0.3) is 21.9 Å². The normalized spacial score (nSPS) is 12.5. The second kappa shape index (κ2) is 11.2. The van der Waals surface area contributed by atoms with Crippen molar-refractivity contribution in [1.82, 2.24) is 14.9 Å². The van der Waals surface area contributed by atoms with Crippen molar-refractivity contribution < 1.29 is 4.74 Å². The summed E-state index contributed by atoms with van der Waals surface area (Å²) in [7, 11) is 1.62. The standard InChI is InChI=1S/C29H34ClN5O/c1-6-35(7-2)19-29(3,4)18-31-28(20-11-9-8-10-12-20)34-26-22-14-13-21(30)17-24(22)32-23-15-16-25(36-5)33-27(23)26/h8-17H,6-7,18-19H2,1-5H3,(H,31,32,34). The van der Waals surface area contributed by atoms with Crippen molar-refractivity contribution in [2.45, 2.75) is 27.7 Å². The highest BCUT2D eigenvalue weighted by Crippen LogP contribution is 2.33. The summed E-state index contributed by atoms with van der Waals surface area (Å²) in [6, 6.07) is 19.6. The second-order valence-electron chi connectivity index (χ2n) is 9.65. The molecule has 0 saturated carbocycles. The van der Waals surface area contributed by atoms with Crippen molar-refractivity contribution in [2.24, 2.45) is 10.4 Å². The average Bonchev–Trinajstić information content (AvgIpc) is 2.89. The van der Waals surface area contributed by atoms with Gasteiger partial charge in [-0.2, -0.15) is 0 Å². The zero-order valence-electron chi connectivity index (χ0n) is 21.7. The number of halogens is 1. The fraction of sp³-hybridized carbons (Fsp3) is 0.345. The van der Waals surface area contributed by atoms with Gasteiger partial charge in [-0.25, -0.2) is 9.97 Å². The topological polar surface area (TPSA) is 62.6 Å². The number of hydrogen-bond donors (Lipinski definition) is 1. The molecule has 6 nitrogen and oxygen atoms in total. The molecular weight excluding hydrogens is 470 g/mol. The molecule has 0 aliphatic carbocycles. The molecule has 7 heteroatoms. The van der Waals surface area contributed by atoms with Gasteiger partial charge in [0.05, 0.1) is 23.8 Å². The number of aliphatic imine (C=N–C) groups is 1. The Morgan fingerprint density at radius 1 is 1.00 bits per heavy atom. The number of nitrogens with one attached hydrogen (secondary N) is 1. The number of methoxy groups -OCH3 is 1. The quantitative estimate of drug-likeness (QED) is 0.157. The van der Waals surface area contributed by atoms with E-state index >= 15 is 0 Å². The summed E-state index contributed by atoms with van der Waals surface area (Å²) in [6.07, 6.45) is 0. The zero-order chi connectivity index (χ0) is 25.7. The maximum Gasteiger partial charge on any atom is 0.213 e. The summed E-state index contributed by atoms with van der Waals surface area (Å²) in [6.45, 7) is 12.6. The maximum absolute atomic E-state index is 6.31. The van der Waals surface area contributed by atoms with Crippen LogP contribution in [0.2, 0.25) is 5.02 Å². The van der Waals surface area contributed by atoms with Crippen LogP contribution in [0.1, 0.15) is 33.3 Å². The van der Waals surface area contributed by atoms with Crippen LogP contribution in [0.4, 0.5) is 5.69 Å². The van der Waals surface area contributed by atoms with Gasteiger partial charge >= 0.3 is 0 Å². The first-order valence-electron chi connectivity index (χ1n) is 12.4. The highest BCUT2D eigenvalue weighted by atomic mass is 35.5. The first kappa shape index (κ1) is 25.9. The van der Waals surface area contributed by atoms with Crippen molar-refractivity contribution in [3.8, 4) is 5.88 Å². The van der Waals surface area contributed by atoms with Crippen LogP contribution in [0.5, 0.6) is 5.88 Å². The number of nitrogens with zero attached hydrogens (tertiary/aromatic N) is 4. The van der Waals surface area contributed by atoms with E-state index in [0.29, 0.717) is 17.4 Å². The van der Waals surface area contributed by atoms with E-state index in [0.717, 1.165) is 58.7 Å². The number of ether oxygens (including phenoxy) is 1. The van der Waals surface area contributed by atoms with Gasteiger partial charge in [-0.05, 0) is 42.8 Å². The molecule has 0 bridgehead atoms. The Kier molecular flexibility index (Phi) is 8.07. The number of rotatable bonds is 9. The Morgan fingerprint density at radius 3 is 2.44 bits per heavy atom. The molecule has 0 unspecified atom stereocenters. The monoisotopic (exact) mass is 503 g/mol. The van der Waals surface area contributed by atoms with Crippen molar-refractivity contribution in [3.63, 3.8) is 0 Å². The van der Waals surface area contributed by atoms with Crippen LogP contribution in [0.3, 0.4) is 0 Å². The summed E-state index contributed by atoms with van der Waals surface area (Å²) >= 11 is 6.31. The number of hydrogen-bond acceptors (Lipinski definition) is 5. The highest BCUT2D eigenvalue weighted by molar-refractivity contribution is 6.31. The van der Waals surface area contributed by atoms with Crippen LogP contribution in [0, 0.1) is 5.41 Å². The maximum atomic E-state index is 6.31. The molecule has 0 radical (unpaired) electrons. The largest absolute Gasteiger partial charge is 0.481 e. The summed E-state index contributed by atoms with van der Waals surface area (Å²) in [5, 5.41) is 5.19. The third kappa shape index (κ3) is 5.94. The third-order valence-electron chi connectivity index (χ3n) is 6.27. The number of aromatic nitrogens is 2. The lowest BCUT2D eigenvalue weighted by atomic mass is 9.93.